The highest BCUT2D eigenvalue weighted by atomic mass is 15.0. The van der Waals surface area contributed by atoms with Crippen molar-refractivity contribution in [3.8, 4) is 0 Å². The van der Waals surface area contributed by atoms with E-state index in [0.29, 0.717) is 5.69 Å². The molecule has 0 unspecified atom stereocenters. The van der Waals surface area contributed by atoms with Gasteiger partial charge in [0.25, 0.3) is 0 Å². The van der Waals surface area contributed by atoms with E-state index in [9.17, 15) is 0 Å². The highest BCUT2D eigenvalue weighted by Gasteiger charge is 2.15. The van der Waals surface area contributed by atoms with Crippen molar-refractivity contribution in [2.75, 3.05) is 0 Å². The number of fused-ring (bicyclic) bond motifs is 1. The van der Waals surface area contributed by atoms with E-state index in [4.69, 9.17) is 11.5 Å². The number of H-pyrrole nitrogens is 1. The molecule has 0 aliphatic rings. The summed E-state index contributed by atoms with van der Waals surface area (Å²) in [6, 6.07) is 15.9. The van der Waals surface area contributed by atoms with E-state index < -0.39 is 0 Å². The Morgan fingerprint density at radius 1 is 1.12 bits per heavy atom. The van der Waals surface area contributed by atoms with Gasteiger partial charge in [0.05, 0.1) is 5.69 Å². The summed E-state index contributed by atoms with van der Waals surface area (Å²) in [6.07, 6.45) is 2.05. The normalized spacial score (nSPS) is 11.5. The van der Waals surface area contributed by atoms with E-state index in [1.165, 1.54) is 0 Å². The summed E-state index contributed by atoms with van der Waals surface area (Å²) in [5.74, 6) is 0.784. The van der Waals surface area contributed by atoms with Crippen molar-refractivity contribution < 1.29 is 0 Å². The first kappa shape index (κ1) is 15.6. The van der Waals surface area contributed by atoms with Gasteiger partial charge in [0, 0.05) is 16.5 Å². The fraction of sp³-hybridized carbons (Fsp3) is 0.0526. The molecule has 0 spiro atoms. The number of para-hydroxylation sites is 1. The van der Waals surface area contributed by atoms with Crippen LogP contribution in [0.1, 0.15) is 18.1 Å². The minimum Gasteiger partial charge on any atom is -0.370 e. The molecule has 2 aromatic carbocycles. The van der Waals surface area contributed by atoms with Crippen LogP contribution in [0.15, 0.2) is 64.6 Å². The number of hydrogen-bond acceptors (Lipinski definition) is 2. The number of guanidine groups is 1. The molecule has 5 nitrogen and oxygen atoms in total. The summed E-state index contributed by atoms with van der Waals surface area (Å²) in [6.45, 7) is 5.69. The second kappa shape index (κ2) is 6.42. The van der Waals surface area contributed by atoms with Crippen LogP contribution in [0.4, 0.5) is 11.5 Å². The number of nitrogens with zero attached hydrogens (tertiary/aromatic N) is 2. The molecule has 0 fully saturated rings. The zero-order valence-corrected chi connectivity index (χ0v) is 13.5. The van der Waals surface area contributed by atoms with Crippen LogP contribution in [0.2, 0.25) is 0 Å². The van der Waals surface area contributed by atoms with Gasteiger partial charge in [-0.05, 0) is 43.0 Å². The number of nitrogens with two attached hydrogens (primary N) is 2. The molecule has 3 aromatic rings. The van der Waals surface area contributed by atoms with Crippen LogP contribution < -0.4 is 11.5 Å². The zero-order valence-electron chi connectivity index (χ0n) is 13.5. The van der Waals surface area contributed by atoms with Gasteiger partial charge in [0.15, 0.2) is 5.96 Å². The molecule has 3 rings (SSSR count). The first-order chi connectivity index (χ1) is 11.6. The third kappa shape index (κ3) is 2.79. The summed E-state index contributed by atoms with van der Waals surface area (Å²) in [5.41, 5.74) is 15.8. The maximum absolute atomic E-state index is 5.48. The fourth-order valence-electron chi connectivity index (χ4n) is 2.87. The van der Waals surface area contributed by atoms with Gasteiger partial charge in [0.2, 0.25) is 0 Å². The van der Waals surface area contributed by atoms with Crippen molar-refractivity contribution in [1.82, 2.24) is 4.98 Å². The van der Waals surface area contributed by atoms with Crippen molar-refractivity contribution >= 4 is 40.7 Å². The molecule has 5 heteroatoms. The summed E-state index contributed by atoms with van der Waals surface area (Å²) >= 11 is 0. The van der Waals surface area contributed by atoms with Gasteiger partial charge in [-0.2, -0.15) is 0 Å². The van der Waals surface area contributed by atoms with Gasteiger partial charge in [-0.25, -0.2) is 9.98 Å². The van der Waals surface area contributed by atoms with Gasteiger partial charge in [0.1, 0.15) is 5.82 Å². The standard InChI is InChI=1S/C19H19N5/c1-3-14(12-7-6-8-13(11-12)23-19(20)21)17-15-9-4-5-10-16(15)24-18(17)22-2/h3-11,24H,2H2,1H3,(H4,20,21,23)/b14-3-. The molecule has 0 saturated heterocycles. The van der Waals surface area contributed by atoms with Gasteiger partial charge in [-0.15, -0.1) is 0 Å². The lowest BCUT2D eigenvalue weighted by Gasteiger charge is -2.09. The minimum absolute atomic E-state index is 0.0368. The van der Waals surface area contributed by atoms with Crippen molar-refractivity contribution in [1.29, 1.82) is 0 Å². The Hall–Kier alpha value is -3.34. The summed E-state index contributed by atoms with van der Waals surface area (Å²) in [5, 5.41) is 1.10. The Kier molecular flexibility index (Phi) is 4.16. The van der Waals surface area contributed by atoms with Crippen molar-refractivity contribution in [2.24, 2.45) is 21.5 Å². The van der Waals surface area contributed by atoms with E-state index in [2.05, 4.69) is 33.8 Å². The molecule has 0 amide bonds. The molecule has 0 aliphatic carbocycles. The lowest BCUT2D eigenvalue weighted by atomic mass is 9.96. The molecule has 0 aliphatic heterocycles. The summed E-state index contributed by atoms with van der Waals surface area (Å²) < 4.78 is 0. The van der Waals surface area contributed by atoms with Gasteiger partial charge < -0.3 is 16.5 Å². The Morgan fingerprint density at radius 2 is 1.92 bits per heavy atom. The number of allylic oxidation sites excluding steroid dienone is 1. The average molecular weight is 317 g/mol. The second-order valence-electron chi connectivity index (χ2n) is 5.34. The predicted octanol–water partition coefficient (Wildman–Crippen LogP) is 3.86. The van der Waals surface area contributed by atoms with Crippen molar-refractivity contribution in [2.45, 2.75) is 6.92 Å². The van der Waals surface area contributed by atoms with Gasteiger partial charge in [-0.1, -0.05) is 36.4 Å². The van der Waals surface area contributed by atoms with Crippen LogP contribution in [0, 0.1) is 0 Å². The molecule has 0 atom stereocenters. The van der Waals surface area contributed by atoms with Gasteiger partial charge in [-0.3, -0.25) is 0 Å². The minimum atomic E-state index is 0.0368. The van der Waals surface area contributed by atoms with Crippen molar-refractivity contribution in [3.05, 3.63) is 65.7 Å². The summed E-state index contributed by atoms with van der Waals surface area (Å²) in [4.78, 5) is 11.6. The van der Waals surface area contributed by atoms with E-state index in [0.717, 1.165) is 33.4 Å². The SMILES string of the molecule is C=Nc1[nH]c2ccccc2c1/C(=C\C)c1cccc(N=C(N)N)c1. The highest BCUT2D eigenvalue weighted by molar-refractivity contribution is 6.02. The molecule has 0 radical (unpaired) electrons. The van der Waals surface area contributed by atoms with Crippen LogP contribution >= 0.6 is 0 Å². The number of rotatable bonds is 4. The van der Waals surface area contributed by atoms with E-state index in [1.807, 2.05) is 49.4 Å². The first-order valence-corrected chi connectivity index (χ1v) is 7.58. The van der Waals surface area contributed by atoms with E-state index >= 15 is 0 Å². The van der Waals surface area contributed by atoms with Crippen LogP contribution in [0.5, 0.6) is 0 Å². The quantitative estimate of drug-likeness (QED) is 0.503. The molecule has 24 heavy (non-hydrogen) atoms. The van der Waals surface area contributed by atoms with Gasteiger partial charge >= 0.3 is 0 Å². The maximum atomic E-state index is 5.48. The lowest BCUT2D eigenvalue weighted by molar-refractivity contribution is 1.37. The largest absolute Gasteiger partial charge is 0.370 e. The van der Waals surface area contributed by atoms with Crippen LogP contribution in [-0.2, 0) is 0 Å². The lowest BCUT2D eigenvalue weighted by Crippen LogP contribution is -2.21. The maximum Gasteiger partial charge on any atom is 0.191 e. The number of aliphatic imine (C=N–C) groups is 2. The van der Waals surface area contributed by atoms with Crippen LogP contribution in [0.25, 0.3) is 16.5 Å². The Labute approximate surface area is 140 Å². The first-order valence-electron chi connectivity index (χ1n) is 7.58. The smallest absolute Gasteiger partial charge is 0.191 e. The molecular weight excluding hydrogens is 298 g/mol. The third-order valence-electron chi connectivity index (χ3n) is 3.82. The molecule has 1 heterocycles. The number of aromatic nitrogens is 1. The number of benzene rings is 2. The highest BCUT2D eigenvalue weighted by Crippen LogP contribution is 2.37. The van der Waals surface area contributed by atoms with Crippen LogP contribution in [0.3, 0.4) is 0 Å². The number of nitrogens with one attached hydrogen (secondary N) is 1. The monoisotopic (exact) mass is 317 g/mol. The molecule has 1 aromatic heterocycles. The predicted molar refractivity (Wildman–Crippen MR) is 102 cm³/mol. The molecule has 0 bridgehead atoms. The van der Waals surface area contributed by atoms with Crippen molar-refractivity contribution in [3.63, 3.8) is 0 Å². The molecule has 120 valence electrons. The fourth-order valence-corrected chi connectivity index (χ4v) is 2.87. The average Bonchev–Trinajstić information content (AvgIpc) is 2.94. The number of hydrogen-bond donors (Lipinski definition) is 3. The zero-order chi connectivity index (χ0) is 17.1. The van der Waals surface area contributed by atoms with Crippen LogP contribution in [-0.4, -0.2) is 17.7 Å². The topological polar surface area (TPSA) is 92.5 Å². The van der Waals surface area contributed by atoms with E-state index in [1.54, 1.807) is 0 Å². The third-order valence-corrected chi connectivity index (χ3v) is 3.82. The van der Waals surface area contributed by atoms with E-state index in [-0.39, 0.29) is 5.96 Å². The summed E-state index contributed by atoms with van der Waals surface area (Å²) in [7, 11) is 0. The molecule has 0 saturated carbocycles. The number of aromatic amines is 1. The molecule has 5 N–H and O–H groups in total. The Balaban J connectivity index is 2.21. The molecular formula is C19H19N5. The second-order valence-corrected chi connectivity index (χ2v) is 5.34. The Morgan fingerprint density at radius 3 is 2.62 bits per heavy atom. The Bertz CT molecular complexity index is 959.